The lowest BCUT2D eigenvalue weighted by atomic mass is 9.98. The molecular formula is C17H21FN4OS. The van der Waals surface area contributed by atoms with Crippen molar-refractivity contribution in [2.75, 3.05) is 25.0 Å². The smallest absolute Gasteiger partial charge is 0.319 e. The summed E-state index contributed by atoms with van der Waals surface area (Å²) in [6.45, 7) is 3.52. The molecule has 1 aliphatic heterocycles. The van der Waals surface area contributed by atoms with Gasteiger partial charge in [-0.05, 0) is 43.5 Å². The van der Waals surface area contributed by atoms with Crippen molar-refractivity contribution in [3.63, 3.8) is 0 Å². The third kappa shape index (κ3) is 5.01. The largest absolute Gasteiger partial charge is 0.338 e. The summed E-state index contributed by atoms with van der Waals surface area (Å²) in [4.78, 5) is 18.7. The van der Waals surface area contributed by atoms with Gasteiger partial charge in [0.1, 0.15) is 5.82 Å². The molecule has 1 fully saturated rings. The Kier molecular flexibility index (Phi) is 5.77. The standard InChI is InChI=1S/C17H21FN4OS/c18-14-4-1-5-15(7-14)21-17(23)19-8-13-3-2-6-22(9-13)10-16-11-24-12-20-16/h1,4-5,7,11-13H,2-3,6,8-10H2,(H2,19,21,23)/t13-/m0/s1. The van der Waals surface area contributed by atoms with E-state index in [-0.39, 0.29) is 11.8 Å². The van der Waals surface area contributed by atoms with Crippen molar-refractivity contribution in [1.29, 1.82) is 0 Å². The summed E-state index contributed by atoms with van der Waals surface area (Å²) in [5.74, 6) is 0.0633. The number of carbonyl (C=O) groups excluding carboxylic acids is 1. The van der Waals surface area contributed by atoms with Crippen LogP contribution in [0.15, 0.2) is 35.2 Å². The molecule has 0 saturated carbocycles. The maximum Gasteiger partial charge on any atom is 0.319 e. The number of hydrogen-bond donors (Lipinski definition) is 2. The number of urea groups is 1. The summed E-state index contributed by atoms with van der Waals surface area (Å²) in [6.07, 6.45) is 2.23. The van der Waals surface area contributed by atoms with Crippen molar-refractivity contribution in [1.82, 2.24) is 15.2 Å². The van der Waals surface area contributed by atoms with Gasteiger partial charge in [-0.3, -0.25) is 4.90 Å². The second kappa shape index (κ2) is 8.21. The highest BCUT2D eigenvalue weighted by Crippen LogP contribution is 2.18. The van der Waals surface area contributed by atoms with Crippen LogP contribution in [0.25, 0.3) is 0 Å². The number of nitrogens with one attached hydrogen (secondary N) is 2. The Morgan fingerprint density at radius 2 is 2.38 bits per heavy atom. The predicted octanol–water partition coefficient (Wildman–Crippen LogP) is 3.32. The fourth-order valence-corrected chi connectivity index (χ4v) is 3.53. The minimum Gasteiger partial charge on any atom is -0.338 e. The molecule has 1 aromatic heterocycles. The third-order valence-electron chi connectivity index (χ3n) is 4.11. The lowest BCUT2D eigenvalue weighted by Gasteiger charge is -2.32. The zero-order valence-electron chi connectivity index (χ0n) is 13.4. The Morgan fingerprint density at radius 3 is 3.17 bits per heavy atom. The molecule has 0 radical (unpaired) electrons. The Balaban J connectivity index is 1.43. The highest BCUT2D eigenvalue weighted by molar-refractivity contribution is 7.07. The monoisotopic (exact) mass is 348 g/mol. The van der Waals surface area contributed by atoms with Crippen molar-refractivity contribution >= 4 is 23.1 Å². The van der Waals surface area contributed by atoms with Crippen molar-refractivity contribution in [2.45, 2.75) is 19.4 Å². The minimum absolute atomic E-state index is 0.294. The molecule has 0 spiro atoms. The van der Waals surface area contributed by atoms with E-state index in [0.29, 0.717) is 18.2 Å². The van der Waals surface area contributed by atoms with Gasteiger partial charge in [0.2, 0.25) is 0 Å². The van der Waals surface area contributed by atoms with Crippen molar-refractivity contribution < 1.29 is 9.18 Å². The SMILES string of the molecule is O=C(NC[C@@H]1CCCN(Cc2cscn2)C1)Nc1cccc(F)c1. The number of halogens is 1. The average molecular weight is 348 g/mol. The zero-order valence-corrected chi connectivity index (χ0v) is 14.2. The van der Waals surface area contributed by atoms with Crippen LogP contribution < -0.4 is 10.6 Å². The first kappa shape index (κ1) is 16.9. The van der Waals surface area contributed by atoms with Crippen LogP contribution in [-0.2, 0) is 6.54 Å². The number of piperidine rings is 1. The zero-order chi connectivity index (χ0) is 16.8. The Labute approximate surface area is 144 Å². The van der Waals surface area contributed by atoms with Crippen LogP contribution in [0.4, 0.5) is 14.9 Å². The lowest BCUT2D eigenvalue weighted by Crippen LogP contribution is -2.41. The highest BCUT2D eigenvalue weighted by Gasteiger charge is 2.20. The molecule has 2 amide bonds. The van der Waals surface area contributed by atoms with Crippen molar-refractivity contribution in [3.8, 4) is 0 Å². The predicted molar refractivity (Wildman–Crippen MR) is 93.5 cm³/mol. The van der Waals surface area contributed by atoms with Gasteiger partial charge in [0, 0.05) is 30.7 Å². The minimum atomic E-state index is -0.363. The fourth-order valence-electron chi connectivity index (χ4n) is 2.98. The molecule has 128 valence electrons. The number of nitrogens with zero attached hydrogens (tertiary/aromatic N) is 2. The first-order valence-electron chi connectivity index (χ1n) is 8.09. The van der Waals surface area contributed by atoms with E-state index < -0.39 is 0 Å². The number of anilines is 1. The van der Waals surface area contributed by atoms with E-state index in [4.69, 9.17) is 0 Å². The molecule has 24 heavy (non-hydrogen) atoms. The second-order valence-corrected chi connectivity index (χ2v) is 6.79. The lowest BCUT2D eigenvalue weighted by molar-refractivity contribution is 0.164. The third-order valence-corrected chi connectivity index (χ3v) is 4.74. The molecule has 1 saturated heterocycles. The molecule has 2 N–H and O–H groups in total. The number of carbonyl (C=O) groups is 1. The maximum absolute atomic E-state index is 13.1. The average Bonchev–Trinajstić information content (AvgIpc) is 3.06. The number of rotatable bonds is 5. The van der Waals surface area contributed by atoms with Crippen LogP contribution >= 0.6 is 11.3 Å². The summed E-state index contributed by atoms with van der Waals surface area (Å²) in [6, 6.07) is 5.59. The number of benzene rings is 1. The number of hydrogen-bond acceptors (Lipinski definition) is 4. The Bertz CT molecular complexity index is 664. The van der Waals surface area contributed by atoms with Gasteiger partial charge in [0.25, 0.3) is 0 Å². The van der Waals surface area contributed by atoms with Gasteiger partial charge in [0.15, 0.2) is 0 Å². The van der Waals surface area contributed by atoms with Crippen LogP contribution in [0.1, 0.15) is 18.5 Å². The molecule has 1 atom stereocenters. The normalized spacial score (nSPS) is 18.3. The van der Waals surface area contributed by atoms with E-state index >= 15 is 0 Å². The summed E-state index contributed by atoms with van der Waals surface area (Å²) < 4.78 is 13.1. The Morgan fingerprint density at radius 1 is 1.46 bits per heavy atom. The van der Waals surface area contributed by atoms with Gasteiger partial charge in [-0.2, -0.15) is 0 Å². The first-order valence-corrected chi connectivity index (χ1v) is 9.03. The molecule has 1 aliphatic rings. The molecule has 0 unspecified atom stereocenters. The van der Waals surface area contributed by atoms with Gasteiger partial charge >= 0.3 is 6.03 Å². The van der Waals surface area contributed by atoms with Crippen LogP contribution in [0.2, 0.25) is 0 Å². The molecule has 0 aliphatic carbocycles. The van der Waals surface area contributed by atoms with Crippen LogP contribution in [0, 0.1) is 11.7 Å². The second-order valence-electron chi connectivity index (χ2n) is 6.07. The maximum atomic E-state index is 13.1. The van der Waals surface area contributed by atoms with Crippen LogP contribution in [0.3, 0.4) is 0 Å². The Hall–Kier alpha value is -1.99. The van der Waals surface area contributed by atoms with Crippen LogP contribution in [-0.4, -0.2) is 35.5 Å². The van der Waals surface area contributed by atoms with Crippen molar-refractivity contribution in [3.05, 3.63) is 46.7 Å². The quantitative estimate of drug-likeness (QED) is 0.871. The van der Waals surface area contributed by atoms with E-state index in [9.17, 15) is 9.18 Å². The number of thiazole rings is 1. The summed E-state index contributed by atoms with van der Waals surface area (Å²) >= 11 is 1.62. The summed E-state index contributed by atoms with van der Waals surface area (Å²) in [7, 11) is 0. The van der Waals surface area contributed by atoms with E-state index in [2.05, 4.69) is 25.9 Å². The first-order chi connectivity index (χ1) is 11.7. The van der Waals surface area contributed by atoms with E-state index in [1.807, 2.05) is 5.51 Å². The fraction of sp³-hybridized carbons (Fsp3) is 0.412. The van der Waals surface area contributed by atoms with E-state index in [0.717, 1.165) is 38.2 Å². The number of likely N-dealkylation sites (tertiary alicyclic amines) is 1. The van der Waals surface area contributed by atoms with Gasteiger partial charge in [-0.15, -0.1) is 11.3 Å². The van der Waals surface area contributed by atoms with E-state index in [1.54, 1.807) is 23.5 Å². The topological polar surface area (TPSA) is 57.3 Å². The molecule has 5 nitrogen and oxygen atoms in total. The van der Waals surface area contributed by atoms with Gasteiger partial charge in [-0.1, -0.05) is 6.07 Å². The molecular weight excluding hydrogens is 327 g/mol. The molecule has 2 heterocycles. The van der Waals surface area contributed by atoms with Crippen molar-refractivity contribution in [2.24, 2.45) is 5.92 Å². The van der Waals surface area contributed by atoms with Crippen LogP contribution in [0.5, 0.6) is 0 Å². The number of aromatic nitrogens is 1. The number of amides is 2. The summed E-state index contributed by atoms with van der Waals surface area (Å²) in [5, 5.41) is 7.62. The molecule has 1 aromatic carbocycles. The molecule has 7 heteroatoms. The molecule has 0 bridgehead atoms. The summed E-state index contributed by atoms with van der Waals surface area (Å²) in [5.41, 5.74) is 3.42. The van der Waals surface area contributed by atoms with E-state index in [1.165, 1.54) is 12.1 Å². The molecule has 3 rings (SSSR count). The van der Waals surface area contributed by atoms with Gasteiger partial charge in [0.05, 0.1) is 11.2 Å². The van der Waals surface area contributed by atoms with Gasteiger partial charge in [-0.25, -0.2) is 14.2 Å². The van der Waals surface area contributed by atoms with Gasteiger partial charge < -0.3 is 10.6 Å². The molecule has 2 aromatic rings. The highest BCUT2D eigenvalue weighted by atomic mass is 32.1.